The van der Waals surface area contributed by atoms with Crippen LogP contribution in [0.15, 0.2) is 24.3 Å². The van der Waals surface area contributed by atoms with Gasteiger partial charge in [-0.05, 0) is 25.2 Å². The predicted molar refractivity (Wildman–Crippen MR) is 219 cm³/mol. The number of nitrogens with zero attached hydrogens (tertiary/aromatic N) is 1. The number of carbonyl (C=O) groups excluding carboxylic acids is 1. The molecule has 0 aromatic rings. The second-order valence-electron chi connectivity index (χ2n) is 16.7. The van der Waals surface area contributed by atoms with Crippen molar-refractivity contribution < 1.29 is 48.2 Å². The zero-order valence-corrected chi connectivity index (χ0v) is 35.7. The van der Waals surface area contributed by atoms with E-state index in [4.69, 9.17) is 9.05 Å². The van der Waals surface area contributed by atoms with Crippen LogP contribution in [0.3, 0.4) is 0 Å². The van der Waals surface area contributed by atoms with Crippen molar-refractivity contribution in [1.82, 2.24) is 5.32 Å². The van der Waals surface area contributed by atoms with Crippen molar-refractivity contribution in [2.75, 3.05) is 40.9 Å². The Labute approximate surface area is 329 Å². The van der Waals surface area contributed by atoms with E-state index in [0.717, 1.165) is 44.9 Å². The second-order valence-corrected chi connectivity index (χ2v) is 18.2. The van der Waals surface area contributed by atoms with Crippen molar-refractivity contribution in [2.24, 2.45) is 11.8 Å². The number of hydrogen-bond acceptors (Lipinski definition) is 8. The Hall–Kier alpha value is -1.14. The van der Waals surface area contributed by atoms with E-state index in [9.17, 15) is 34.7 Å². The van der Waals surface area contributed by atoms with Gasteiger partial charge in [0.1, 0.15) is 13.2 Å². The molecule has 0 aromatic heterocycles. The number of aliphatic hydroxyl groups is 4. The van der Waals surface area contributed by atoms with Gasteiger partial charge in [-0.1, -0.05) is 147 Å². The number of carbonyl (C=O) groups is 1. The number of hydrogen-bond donors (Lipinski definition) is 6. The van der Waals surface area contributed by atoms with Crippen molar-refractivity contribution in [3.8, 4) is 0 Å². The van der Waals surface area contributed by atoms with Crippen LogP contribution in [0.5, 0.6) is 0 Å². The molecule has 0 saturated heterocycles. The van der Waals surface area contributed by atoms with Gasteiger partial charge in [0.2, 0.25) is 5.91 Å². The average Bonchev–Trinajstić information content (AvgIpc) is 3.37. The van der Waals surface area contributed by atoms with Crippen LogP contribution in [0.1, 0.15) is 155 Å². The number of likely N-dealkylation sites (N-methyl/N-ethyl adjacent to an activating group) is 1. The summed E-state index contributed by atoms with van der Waals surface area (Å²) < 4.78 is 23.6. The van der Waals surface area contributed by atoms with E-state index in [-0.39, 0.29) is 43.8 Å². The summed E-state index contributed by atoms with van der Waals surface area (Å²) in [6.45, 7) is 4.50. The molecule has 1 aliphatic rings. The monoisotopic (exact) mass is 790 g/mol. The molecule has 1 amide bonds. The first kappa shape index (κ1) is 50.9. The summed E-state index contributed by atoms with van der Waals surface area (Å²) >= 11 is 0. The molecule has 1 saturated carbocycles. The molecule has 0 bridgehead atoms. The maximum absolute atomic E-state index is 13.0. The zero-order chi connectivity index (χ0) is 40.2. The minimum absolute atomic E-state index is 0.000873. The topological polar surface area (TPSA) is 166 Å². The van der Waals surface area contributed by atoms with E-state index in [1.165, 1.54) is 64.2 Å². The summed E-state index contributed by atoms with van der Waals surface area (Å²) in [7, 11) is 1.42. The first-order chi connectivity index (χ1) is 25.7. The standard InChI is InChI=1S/C42H81N2O9P/c1-6-8-10-11-12-13-14-15-16-17-18-19-20-22-27-39(46)38(34-53-54(50,51)52-32-31-44(3,4)5)43-42(49)28-24-23-26-36-37(41(48)33-40(36)47)30-29-35(45)25-21-9-7-2/h23-24,29-30,35-41,45-48H,6-22,25-28,31-34H2,1-5H3,(H-,43,49,50,51)/p+1/b24-23-,30-29+/t35-,36+,37-,38+,39-,40+,41-/m1/s1. The fraction of sp³-hybridized carbons (Fsp3) is 0.881. The van der Waals surface area contributed by atoms with Gasteiger partial charge in [-0.15, -0.1) is 0 Å². The van der Waals surface area contributed by atoms with Gasteiger partial charge in [-0.3, -0.25) is 13.8 Å². The quantitative estimate of drug-likeness (QED) is 0.0166. The van der Waals surface area contributed by atoms with Crippen LogP contribution in [0, 0.1) is 11.8 Å². The van der Waals surface area contributed by atoms with Gasteiger partial charge in [-0.2, -0.15) is 0 Å². The molecule has 1 unspecified atom stereocenters. The molecule has 12 heteroatoms. The summed E-state index contributed by atoms with van der Waals surface area (Å²) in [6, 6.07) is -0.902. The lowest BCUT2D eigenvalue weighted by Gasteiger charge is -2.26. The van der Waals surface area contributed by atoms with Gasteiger partial charge >= 0.3 is 7.82 Å². The molecular weight excluding hydrogens is 707 g/mol. The summed E-state index contributed by atoms with van der Waals surface area (Å²) in [5, 5.41) is 45.3. The third kappa shape index (κ3) is 25.9. The normalized spacial score (nSPS) is 22.2. The van der Waals surface area contributed by atoms with Gasteiger partial charge in [0.25, 0.3) is 0 Å². The predicted octanol–water partition coefficient (Wildman–Crippen LogP) is 7.74. The maximum atomic E-state index is 13.0. The number of amides is 1. The molecule has 0 spiro atoms. The maximum Gasteiger partial charge on any atom is 0.472 e. The lowest BCUT2D eigenvalue weighted by Crippen LogP contribution is -2.46. The van der Waals surface area contributed by atoms with Crippen LogP contribution in [-0.4, -0.2) is 107 Å². The van der Waals surface area contributed by atoms with E-state index in [2.05, 4.69) is 19.2 Å². The van der Waals surface area contributed by atoms with Crippen LogP contribution >= 0.6 is 7.82 Å². The van der Waals surface area contributed by atoms with E-state index < -0.39 is 38.3 Å². The number of aliphatic hydroxyl groups excluding tert-OH is 4. The van der Waals surface area contributed by atoms with Crippen LogP contribution < -0.4 is 5.32 Å². The smallest absolute Gasteiger partial charge is 0.393 e. The fourth-order valence-electron chi connectivity index (χ4n) is 7.01. The fourth-order valence-corrected chi connectivity index (χ4v) is 7.75. The Kier molecular flexibility index (Phi) is 28.3. The van der Waals surface area contributed by atoms with Crippen molar-refractivity contribution >= 4 is 13.7 Å². The SMILES string of the molecule is CCCCCCCCCCCCCCCC[C@@H](O)[C@H](COP(=O)(O)OCC[N+](C)(C)C)NC(=O)C/C=C\C[C@H]1[C@@H](/C=C/[C@H](O)CCCCC)[C@H](O)C[C@@H]1O. The lowest BCUT2D eigenvalue weighted by molar-refractivity contribution is -0.870. The average molecular weight is 790 g/mol. The third-order valence-corrected chi connectivity index (χ3v) is 11.5. The Morgan fingerprint density at radius 2 is 1.33 bits per heavy atom. The molecule has 1 fully saturated rings. The van der Waals surface area contributed by atoms with Crippen molar-refractivity contribution in [3.63, 3.8) is 0 Å². The molecule has 1 aliphatic carbocycles. The number of unbranched alkanes of at least 4 members (excludes halogenated alkanes) is 15. The summed E-state index contributed by atoms with van der Waals surface area (Å²) in [4.78, 5) is 23.3. The summed E-state index contributed by atoms with van der Waals surface area (Å²) in [6.07, 6.45) is 26.0. The van der Waals surface area contributed by atoms with Crippen LogP contribution in [0.25, 0.3) is 0 Å². The van der Waals surface area contributed by atoms with E-state index >= 15 is 0 Å². The first-order valence-electron chi connectivity index (χ1n) is 21.5. The van der Waals surface area contributed by atoms with Crippen LogP contribution in [-0.2, 0) is 18.4 Å². The van der Waals surface area contributed by atoms with Crippen LogP contribution in [0.2, 0.25) is 0 Å². The molecule has 0 radical (unpaired) electrons. The highest BCUT2D eigenvalue weighted by molar-refractivity contribution is 7.47. The minimum Gasteiger partial charge on any atom is -0.393 e. The van der Waals surface area contributed by atoms with Crippen molar-refractivity contribution in [1.29, 1.82) is 0 Å². The molecule has 0 aliphatic heterocycles. The Bertz CT molecular complexity index is 1050. The highest BCUT2D eigenvalue weighted by atomic mass is 31.2. The third-order valence-electron chi connectivity index (χ3n) is 10.6. The molecule has 0 heterocycles. The molecule has 6 N–H and O–H groups in total. The number of rotatable bonds is 34. The zero-order valence-electron chi connectivity index (χ0n) is 34.8. The number of allylic oxidation sites excluding steroid dienone is 1. The number of nitrogens with one attached hydrogen (secondary N) is 1. The molecule has 318 valence electrons. The number of phosphoric acid groups is 1. The molecular formula is C42H82N2O9P+. The Morgan fingerprint density at radius 1 is 0.796 bits per heavy atom. The molecule has 1 rings (SSSR count). The van der Waals surface area contributed by atoms with Crippen LogP contribution in [0.4, 0.5) is 0 Å². The number of quaternary nitrogens is 1. The van der Waals surface area contributed by atoms with Crippen molar-refractivity contribution in [3.05, 3.63) is 24.3 Å². The molecule has 11 nitrogen and oxygen atoms in total. The Balaban J connectivity index is 2.62. The van der Waals surface area contributed by atoms with Crippen molar-refractivity contribution in [2.45, 2.75) is 186 Å². The first-order valence-corrected chi connectivity index (χ1v) is 23.0. The number of phosphoric ester groups is 1. The lowest BCUT2D eigenvalue weighted by atomic mass is 9.89. The van der Waals surface area contributed by atoms with E-state index in [1.54, 1.807) is 12.2 Å². The van der Waals surface area contributed by atoms with Gasteiger partial charge < -0.3 is 35.1 Å². The van der Waals surface area contributed by atoms with E-state index in [0.29, 0.717) is 30.3 Å². The van der Waals surface area contributed by atoms with E-state index in [1.807, 2.05) is 33.3 Å². The van der Waals surface area contributed by atoms with Gasteiger partial charge in [-0.25, -0.2) is 4.57 Å². The second kappa shape index (κ2) is 30.0. The highest BCUT2D eigenvalue weighted by Gasteiger charge is 2.39. The molecule has 0 aromatic carbocycles. The van der Waals surface area contributed by atoms with Gasteiger partial charge in [0.05, 0.1) is 58.2 Å². The van der Waals surface area contributed by atoms with Gasteiger partial charge in [0.15, 0.2) is 0 Å². The summed E-state index contributed by atoms with van der Waals surface area (Å²) in [5.74, 6) is -0.927. The highest BCUT2D eigenvalue weighted by Crippen LogP contribution is 2.43. The largest absolute Gasteiger partial charge is 0.472 e. The minimum atomic E-state index is -4.40. The van der Waals surface area contributed by atoms with Gasteiger partial charge in [0, 0.05) is 18.8 Å². The molecule has 8 atom stereocenters. The Morgan fingerprint density at radius 3 is 1.91 bits per heavy atom. The summed E-state index contributed by atoms with van der Waals surface area (Å²) in [5.41, 5.74) is 0. The molecule has 54 heavy (non-hydrogen) atoms.